The average Bonchev–Trinajstić information content (AvgIpc) is 2.22. The van der Waals surface area contributed by atoms with Crippen LogP contribution in [0.1, 0.15) is 17.6 Å². The number of methoxy groups -OCH3 is 1. The molecule has 1 aromatic heterocycles. The monoisotopic (exact) mass is 345 g/mol. The Kier molecular flexibility index (Phi) is 4.51. The van der Waals surface area contributed by atoms with Crippen molar-refractivity contribution in [2.75, 3.05) is 7.11 Å². The van der Waals surface area contributed by atoms with Crippen LogP contribution in [0.25, 0.3) is 0 Å². The predicted molar refractivity (Wildman–Crippen MR) is 57.6 cm³/mol. The predicted octanol–water partition coefficient (Wildman–Crippen LogP) is 2.48. The molecule has 0 atom stereocenters. The Morgan fingerprint density at radius 2 is 2.25 bits per heavy atom. The van der Waals surface area contributed by atoms with Gasteiger partial charge < -0.3 is 4.74 Å². The maximum absolute atomic E-state index is 13.2. The molecule has 3 nitrogen and oxygen atoms in total. The Morgan fingerprint density at radius 1 is 1.62 bits per heavy atom. The highest BCUT2D eigenvalue weighted by Crippen LogP contribution is 2.29. The van der Waals surface area contributed by atoms with Crippen LogP contribution in [0.3, 0.4) is 0 Å². The van der Waals surface area contributed by atoms with E-state index in [1.54, 1.807) is 22.6 Å². The second-order valence-electron chi connectivity index (χ2n) is 2.84. The standard InChI is InChI=1S/C9H7F3INO2/c1-16-6(15)2-4-7(8(10)11)5(13)3-14-9(4)12/h3,8H,2H2,1H3. The first-order valence-electron chi connectivity index (χ1n) is 4.15. The van der Waals surface area contributed by atoms with Crippen LogP contribution in [0.4, 0.5) is 13.2 Å². The van der Waals surface area contributed by atoms with E-state index in [9.17, 15) is 18.0 Å². The molecule has 0 aliphatic carbocycles. The van der Waals surface area contributed by atoms with Crippen molar-refractivity contribution in [3.8, 4) is 0 Å². The Hall–Kier alpha value is -0.860. The average molecular weight is 345 g/mol. The van der Waals surface area contributed by atoms with E-state index < -0.39 is 35.9 Å². The second kappa shape index (κ2) is 5.46. The molecule has 0 unspecified atom stereocenters. The van der Waals surface area contributed by atoms with E-state index in [0.717, 1.165) is 13.3 Å². The van der Waals surface area contributed by atoms with Crippen molar-refractivity contribution >= 4 is 28.6 Å². The first-order chi connectivity index (χ1) is 7.47. The molecular weight excluding hydrogens is 338 g/mol. The van der Waals surface area contributed by atoms with Gasteiger partial charge in [-0.1, -0.05) is 0 Å². The van der Waals surface area contributed by atoms with Gasteiger partial charge in [0.15, 0.2) is 0 Å². The number of carbonyl (C=O) groups is 1. The number of esters is 1. The van der Waals surface area contributed by atoms with E-state index in [2.05, 4.69) is 9.72 Å². The molecule has 0 saturated carbocycles. The number of carbonyl (C=O) groups excluding carboxylic acids is 1. The number of aromatic nitrogens is 1. The first kappa shape index (κ1) is 13.2. The van der Waals surface area contributed by atoms with Gasteiger partial charge in [0, 0.05) is 20.9 Å². The molecule has 1 heterocycles. The molecule has 0 aromatic carbocycles. The largest absolute Gasteiger partial charge is 0.469 e. The van der Waals surface area contributed by atoms with Gasteiger partial charge in [-0.2, -0.15) is 4.39 Å². The molecule has 0 amide bonds. The molecule has 0 bridgehead atoms. The fraction of sp³-hybridized carbons (Fsp3) is 0.333. The maximum atomic E-state index is 13.2. The van der Waals surface area contributed by atoms with Gasteiger partial charge >= 0.3 is 5.97 Å². The third-order valence-electron chi connectivity index (χ3n) is 1.89. The van der Waals surface area contributed by atoms with Crippen LogP contribution in [-0.4, -0.2) is 18.1 Å². The lowest BCUT2D eigenvalue weighted by Crippen LogP contribution is -2.11. The smallest absolute Gasteiger partial charge is 0.310 e. The molecule has 0 aliphatic rings. The lowest BCUT2D eigenvalue weighted by atomic mass is 10.1. The van der Waals surface area contributed by atoms with E-state index in [-0.39, 0.29) is 3.57 Å². The summed E-state index contributed by atoms with van der Waals surface area (Å²) in [6.45, 7) is 0. The van der Waals surface area contributed by atoms with E-state index >= 15 is 0 Å². The number of nitrogens with zero attached hydrogens (tertiary/aromatic N) is 1. The summed E-state index contributed by atoms with van der Waals surface area (Å²) < 4.78 is 43.0. The summed E-state index contributed by atoms with van der Waals surface area (Å²) in [5.41, 5.74) is -0.910. The Labute approximate surface area is 103 Å². The number of hydrogen-bond donors (Lipinski definition) is 0. The number of pyridine rings is 1. The van der Waals surface area contributed by atoms with Crippen LogP contribution >= 0.6 is 22.6 Å². The number of rotatable bonds is 3. The van der Waals surface area contributed by atoms with Gasteiger partial charge in [0.1, 0.15) is 0 Å². The van der Waals surface area contributed by atoms with Gasteiger partial charge in [-0.3, -0.25) is 4.79 Å². The van der Waals surface area contributed by atoms with Gasteiger partial charge in [-0.25, -0.2) is 13.8 Å². The minimum atomic E-state index is -2.86. The SMILES string of the molecule is COC(=O)Cc1c(F)ncc(I)c1C(F)F. The Bertz CT molecular complexity index is 412. The van der Waals surface area contributed by atoms with Gasteiger partial charge in [-0.15, -0.1) is 0 Å². The topological polar surface area (TPSA) is 39.2 Å². The van der Waals surface area contributed by atoms with Crippen molar-refractivity contribution in [2.24, 2.45) is 0 Å². The van der Waals surface area contributed by atoms with Crippen LogP contribution in [0, 0.1) is 9.52 Å². The molecular formula is C9H7F3INO2. The van der Waals surface area contributed by atoms with Crippen molar-refractivity contribution in [1.29, 1.82) is 0 Å². The molecule has 1 aromatic rings. The van der Waals surface area contributed by atoms with Crippen LogP contribution in [0.15, 0.2) is 6.20 Å². The zero-order chi connectivity index (χ0) is 12.3. The highest BCUT2D eigenvalue weighted by molar-refractivity contribution is 14.1. The van der Waals surface area contributed by atoms with Crippen LogP contribution in [0.2, 0.25) is 0 Å². The molecule has 0 radical (unpaired) electrons. The Balaban J connectivity index is 3.23. The van der Waals surface area contributed by atoms with E-state index in [1.165, 1.54) is 0 Å². The number of halogens is 4. The summed E-state index contributed by atoms with van der Waals surface area (Å²) in [5.74, 6) is -1.86. The molecule has 0 aliphatic heterocycles. The molecule has 7 heteroatoms. The molecule has 1 rings (SSSR count). The second-order valence-corrected chi connectivity index (χ2v) is 4.00. The summed E-state index contributed by atoms with van der Waals surface area (Å²) in [7, 11) is 1.10. The lowest BCUT2D eigenvalue weighted by molar-refractivity contribution is -0.139. The van der Waals surface area contributed by atoms with Gasteiger partial charge in [-0.05, 0) is 22.6 Å². The normalized spacial score (nSPS) is 10.6. The fourth-order valence-electron chi connectivity index (χ4n) is 1.14. The van der Waals surface area contributed by atoms with Gasteiger partial charge in [0.2, 0.25) is 5.95 Å². The first-order valence-corrected chi connectivity index (χ1v) is 5.23. The minimum Gasteiger partial charge on any atom is -0.469 e. The fourth-order valence-corrected chi connectivity index (χ4v) is 1.84. The maximum Gasteiger partial charge on any atom is 0.310 e. The van der Waals surface area contributed by atoms with E-state index in [1.807, 2.05) is 0 Å². The Morgan fingerprint density at radius 3 is 2.75 bits per heavy atom. The molecule has 0 saturated heterocycles. The van der Waals surface area contributed by atoms with Gasteiger partial charge in [0.05, 0.1) is 13.5 Å². The van der Waals surface area contributed by atoms with Crippen LogP contribution in [-0.2, 0) is 16.0 Å². The molecule has 16 heavy (non-hydrogen) atoms. The highest BCUT2D eigenvalue weighted by Gasteiger charge is 2.23. The summed E-state index contributed by atoms with van der Waals surface area (Å²) in [6, 6.07) is 0. The third kappa shape index (κ3) is 2.83. The van der Waals surface area contributed by atoms with Crippen molar-refractivity contribution in [1.82, 2.24) is 4.98 Å². The minimum absolute atomic E-state index is 0.118. The van der Waals surface area contributed by atoms with Crippen molar-refractivity contribution in [3.05, 3.63) is 26.8 Å². The number of ether oxygens (including phenoxy) is 1. The van der Waals surface area contributed by atoms with E-state index in [4.69, 9.17) is 0 Å². The van der Waals surface area contributed by atoms with Crippen LogP contribution < -0.4 is 0 Å². The summed E-state index contributed by atoms with van der Waals surface area (Å²) in [4.78, 5) is 14.2. The number of hydrogen-bond acceptors (Lipinski definition) is 3. The summed E-state index contributed by atoms with van der Waals surface area (Å²) in [6.07, 6.45) is -2.41. The molecule has 0 fully saturated rings. The highest BCUT2D eigenvalue weighted by atomic mass is 127. The zero-order valence-corrected chi connectivity index (χ0v) is 10.3. The molecule has 88 valence electrons. The van der Waals surface area contributed by atoms with Crippen molar-refractivity contribution in [3.63, 3.8) is 0 Å². The lowest BCUT2D eigenvalue weighted by Gasteiger charge is -2.10. The quantitative estimate of drug-likeness (QED) is 0.480. The van der Waals surface area contributed by atoms with E-state index in [0.29, 0.717) is 0 Å². The molecule has 0 N–H and O–H groups in total. The van der Waals surface area contributed by atoms with Crippen molar-refractivity contribution in [2.45, 2.75) is 12.8 Å². The third-order valence-corrected chi connectivity index (χ3v) is 2.75. The number of alkyl halides is 2. The van der Waals surface area contributed by atoms with Crippen LogP contribution in [0.5, 0.6) is 0 Å². The summed E-state index contributed by atoms with van der Waals surface area (Å²) in [5, 5.41) is 0. The zero-order valence-electron chi connectivity index (χ0n) is 8.14. The van der Waals surface area contributed by atoms with Gasteiger partial charge in [0.25, 0.3) is 6.43 Å². The van der Waals surface area contributed by atoms with Crippen molar-refractivity contribution < 1.29 is 22.7 Å². The summed E-state index contributed by atoms with van der Waals surface area (Å²) >= 11 is 1.62. The molecule has 0 spiro atoms.